The van der Waals surface area contributed by atoms with Gasteiger partial charge in [0.05, 0.1) is 0 Å². The van der Waals surface area contributed by atoms with Gasteiger partial charge in [-0.05, 0) is 17.0 Å². The van der Waals surface area contributed by atoms with E-state index in [-0.39, 0.29) is 0 Å². The van der Waals surface area contributed by atoms with Crippen LogP contribution in [0.15, 0.2) is 34.8 Å². The van der Waals surface area contributed by atoms with Gasteiger partial charge in [-0.15, -0.1) is 0 Å². The van der Waals surface area contributed by atoms with Gasteiger partial charge in [-0.25, -0.2) is 0 Å². The first kappa shape index (κ1) is 13.6. The Hall–Kier alpha value is -0.500. The summed E-state index contributed by atoms with van der Waals surface area (Å²) in [5.74, 6) is 0.579. The Balaban J connectivity index is 2.43. The molecule has 1 N–H and O–H groups in total. The van der Waals surface area contributed by atoms with Crippen LogP contribution in [0.1, 0.15) is 30.9 Å². The van der Waals surface area contributed by atoms with Gasteiger partial charge in [-0.1, -0.05) is 61.3 Å². The molecule has 88 valence electrons. The van der Waals surface area contributed by atoms with Crippen molar-refractivity contribution in [3.05, 3.63) is 46.0 Å². The molecule has 3 heteroatoms. The van der Waals surface area contributed by atoms with E-state index in [1.807, 2.05) is 0 Å². The average Bonchev–Trinajstić information content (AvgIpc) is 2.29. The van der Waals surface area contributed by atoms with E-state index >= 15 is 0 Å². The minimum Gasteiger partial charge on any atom is -0.308 e. The molecule has 0 radical (unpaired) electrons. The fraction of sp³-hybridized carbons (Fsp3) is 0.385. The third kappa shape index (κ3) is 4.56. The van der Waals surface area contributed by atoms with Crippen molar-refractivity contribution in [3.63, 3.8) is 0 Å². The summed E-state index contributed by atoms with van der Waals surface area (Å²) in [6.45, 7) is 5.80. The molecule has 0 aliphatic carbocycles. The smallest absolute Gasteiger partial charge is 0.0432 e. The predicted molar refractivity (Wildman–Crippen MR) is 72.0 cm³/mol. The molecule has 0 aromatic heterocycles. The van der Waals surface area contributed by atoms with E-state index in [2.05, 4.69) is 43.4 Å². The summed E-state index contributed by atoms with van der Waals surface area (Å²) in [6, 6.07) is 8.61. The maximum atomic E-state index is 5.76. The van der Waals surface area contributed by atoms with Crippen LogP contribution in [-0.4, -0.2) is 6.54 Å². The fourth-order valence-electron chi connectivity index (χ4n) is 1.39. The first-order chi connectivity index (χ1) is 7.63. The maximum Gasteiger partial charge on any atom is 0.0432 e. The molecule has 0 aliphatic heterocycles. The van der Waals surface area contributed by atoms with E-state index in [1.54, 1.807) is 0 Å². The molecule has 0 bridgehead atoms. The van der Waals surface area contributed by atoms with Gasteiger partial charge in [-0.2, -0.15) is 0 Å². The lowest BCUT2D eigenvalue weighted by Gasteiger charge is -2.07. The normalized spacial score (nSPS) is 12.2. The lowest BCUT2D eigenvalue weighted by Crippen LogP contribution is -2.14. The Labute approximate surface area is 107 Å². The summed E-state index contributed by atoms with van der Waals surface area (Å²) < 4.78 is 0. The van der Waals surface area contributed by atoms with Crippen LogP contribution in [0.5, 0.6) is 0 Å². The van der Waals surface area contributed by atoms with Crippen LogP contribution in [0.2, 0.25) is 0 Å². The number of halogens is 2. The summed E-state index contributed by atoms with van der Waals surface area (Å²) >= 11 is 11.2. The molecule has 1 rings (SSSR count). The van der Waals surface area contributed by atoms with Crippen LogP contribution >= 0.6 is 23.2 Å². The minimum absolute atomic E-state index is 0.579. The van der Waals surface area contributed by atoms with Crippen LogP contribution < -0.4 is 5.32 Å². The van der Waals surface area contributed by atoms with Gasteiger partial charge < -0.3 is 5.32 Å². The fourth-order valence-corrected chi connectivity index (χ4v) is 1.56. The zero-order valence-electron chi connectivity index (χ0n) is 9.63. The molecular weight excluding hydrogens is 241 g/mol. The monoisotopic (exact) mass is 257 g/mol. The highest BCUT2D eigenvalue weighted by atomic mass is 35.5. The molecule has 1 nitrogen and oxygen atoms in total. The van der Waals surface area contributed by atoms with Crippen molar-refractivity contribution >= 4 is 23.2 Å². The quantitative estimate of drug-likeness (QED) is 0.833. The summed E-state index contributed by atoms with van der Waals surface area (Å²) in [7, 11) is 0. The second-order valence-corrected chi connectivity index (χ2v) is 4.76. The second kappa shape index (κ2) is 6.95. The highest BCUT2D eigenvalue weighted by molar-refractivity contribution is 6.36. The van der Waals surface area contributed by atoms with E-state index in [0.29, 0.717) is 17.5 Å². The van der Waals surface area contributed by atoms with Gasteiger partial charge >= 0.3 is 0 Å². The van der Waals surface area contributed by atoms with Crippen molar-refractivity contribution in [1.29, 1.82) is 0 Å². The van der Waals surface area contributed by atoms with E-state index in [9.17, 15) is 0 Å². The van der Waals surface area contributed by atoms with Gasteiger partial charge in [0.1, 0.15) is 0 Å². The molecule has 0 aliphatic rings. The van der Waals surface area contributed by atoms with Gasteiger partial charge in [0.15, 0.2) is 0 Å². The molecule has 1 aromatic carbocycles. The van der Waals surface area contributed by atoms with Crippen molar-refractivity contribution in [3.8, 4) is 0 Å². The molecule has 1 aromatic rings. The van der Waals surface area contributed by atoms with Crippen LogP contribution in [0.3, 0.4) is 0 Å². The lowest BCUT2D eigenvalue weighted by molar-refractivity contribution is 0.753. The van der Waals surface area contributed by atoms with E-state index in [0.717, 1.165) is 6.54 Å². The third-order valence-corrected chi connectivity index (χ3v) is 3.01. The molecule has 0 atom stereocenters. The summed E-state index contributed by atoms with van der Waals surface area (Å²) in [5, 5.41) is 3.84. The van der Waals surface area contributed by atoms with Gasteiger partial charge in [0.2, 0.25) is 0 Å². The molecule has 0 unspecified atom stereocenters. The zero-order valence-corrected chi connectivity index (χ0v) is 11.1. The minimum atomic E-state index is 0.579. The molecule has 0 spiro atoms. The van der Waals surface area contributed by atoms with Gasteiger partial charge in [-0.3, -0.25) is 0 Å². The molecule has 0 heterocycles. The van der Waals surface area contributed by atoms with Gasteiger partial charge in [0, 0.05) is 23.7 Å². The first-order valence-electron chi connectivity index (χ1n) is 5.37. The Morgan fingerprint density at radius 3 is 2.44 bits per heavy atom. The first-order valence-corrected chi connectivity index (χ1v) is 6.19. The van der Waals surface area contributed by atoms with Crippen LogP contribution in [0.4, 0.5) is 0 Å². The van der Waals surface area contributed by atoms with E-state index in [1.165, 1.54) is 16.7 Å². The van der Waals surface area contributed by atoms with Crippen molar-refractivity contribution < 1.29 is 0 Å². The lowest BCUT2D eigenvalue weighted by atomic mass is 10.0. The Kier molecular flexibility index (Phi) is 5.89. The maximum absolute atomic E-state index is 5.76. The molecule has 0 fully saturated rings. The molecule has 16 heavy (non-hydrogen) atoms. The molecular formula is C13H17Cl2N. The van der Waals surface area contributed by atoms with Crippen molar-refractivity contribution in [2.75, 3.05) is 6.54 Å². The summed E-state index contributed by atoms with van der Waals surface area (Å²) in [5.41, 5.74) is 4.00. The second-order valence-electron chi connectivity index (χ2n) is 4.06. The number of benzene rings is 1. The van der Waals surface area contributed by atoms with Crippen LogP contribution in [0.25, 0.3) is 0 Å². The zero-order chi connectivity index (χ0) is 12.0. The Morgan fingerprint density at radius 1 is 1.31 bits per heavy atom. The van der Waals surface area contributed by atoms with Crippen LogP contribution in [-0.2, 0) is 6.54 Å². The summed E-state index contributed by atoms with van der Waals surface area (Å²) in [4.78, 5) is 0. The predicted octanol–water partition coefficient (Wildman–Crippen LogP) is 4.22. The average molecular weight is 258 g/mol. The Morgan fingerprint density at radius 2 is 1.94 bits per heavy atom. The third-order valence-electron chi connectivity index (χ3n) is 2.39. The highest BCUT2D eigenvalue weighted by Crippen LogP contribution is 2.14. The van der Waals surface area contributed by atoms with E-state index < -0.39 is 0 Å². The molecule has 0 saturated heterocycles. The highest BCUT2D eigenvalue weighted by Gasteiger charge is 1.99. The number of rotatable bonds is 5. The van der Waals surface area contributed by atoms with Crippen molar-refractivity contribution in [2.24, 2.45) is 0 Å². The number of nitrogens with one attached hydrogen (secondary N) is 1. The van der Waals surface area contributed by atoms with Crippen molar-refractivity contribution in [2.45, 2.75) is 26.3 Å². The summed E-state index contributed by atoms with van der Waals surface area (Å²) in [6.07, 6.45) is 0. The molecule has 0 saturated carbocycles. The standard InChI is InChI=1S/C13H17Cl2N/c1-10(2)12-5-3-11(4-6-12)8-16-9-13(15)7-14/h3-7,10,16H,8-9H2,1-2H3. The number of hydrogen-bond donors (Lipinski definition) is 1. The van der Waals surface area contributed by atoms with E-state index in [4.69, 9.17) is 23.2 Å². The van der Waals surface area contributed by atoms with Crippen LogP contribution in [0, 0.1) is 0 Å². The topological polar surface area (TPSA) is 12.0 Å². The van der Waals surface area contributed by atoms with Crippen molar-refractivity contribution in [1.82, 2.24) is 5.32 Å². The van der Waals surface area contributed by atoms with Gasteiger partial charge in [0.25, 0.3) is 0 Å². The SMILES string of the molecule is CC(C)c1ccc(CNCC(Cl)=CCl)cc1. The Bertz CT molecular complexity index is 341. The number of hydrogen-bond acceptors (Lipinski definition) is 1. The molecule has 0 amide bonds. The largest absolute Gasteiger partial charge is 0.308 e.